The predicted octanol–water partition coefficient (Wildman–Crippen LogP) is 2.39. The van der Waals surface area contributed by atoms with Crippen molar-refractivity contribution in [2.24, 2.45) is 5.92 Å². The van der Waals surface area contributed by atoms with E-state index in [0.717, 1.165) is 11.3 Å². The van der Waals surface area contributed by atoms with Crippen molar-refractivity contribution in [1.29, 1.82) is 0 Å². The minimum Gasteiger partial charge on any atom is -0.468 e. The molecule has 0 fully saturated rings. The Morgan fingerprint density at radius 3 is 2.57 bits per heavy atom. The molecule has 0 spiro atoms. The van der Waals surface area contributed by atoms with Gasteiger partial charge in [-0.05, 0) is 19.1 Å². The summed E-state index contributed by atoms with van der Waals surface area (Å²) < 4.78 is 5.01. The first-order valence-corrected chi connectivity index (χ1v) is 5.13. The molecule has 0 aromatic carbocycles. The van der Waals surface area contributed by atoms with Crippen molar-refractivity contribution in [3.8, 4) is 0 Å². The molecule has 1 aromatic heterocycles. The summed E-state index contributed by atoms with van der Waals surface area (Å²) in [4.78, 5) is 23.2. The first kappa shape index (κ1) is 11.2. The van der Waals surface area contributed by atoms with E-state index in [1.54, 1.807) is 12.1 Å². The summed E-state index contributed by atoms with van der Waals surface area (Å²) in [7, 11) is 1.26. The number of halogens is 1. The fraction of sp³-hybridized carbons (Fsp3) is 0.333. The number of ether oxygens (including phenoxy) is 1. The van der Waals surface area contributed by atoms with Crippen LogP contribution in [0.5, 0.6) is 0 Å². The predicted molar refractivity (Wildman–Crippen MR) is 54.8 cm³/mol. The molecule has 0 N–H and O–H groups in total. The Hall–Kier alpha value is -0.870. The van der Waals surface area contributed by atoms with Gasteiger partial charge in [-0.1, -0.05) is 11.6 Å². The molecule has 0 radical (unpaired) electrons. The molecule has 1 unspecified atom stereocenters. The zero-order valence-electron chi connectivity index (χ0n) is 7.74. The zero-order chi connectivity index (χ0) is 10.7. The molecule has 1 atom stereocenters. The van der Waals surface area contributed by atoms with Gasteiger partial charge < -0.3 is 4.74 Å². The van der Waals surface area contributed by atoms with Crippen LogP contribution >= 0.6 is 22.9 Å². The van der Waals surface area contributed by atoms with Gasteiger partial charge in [0.15, 0.2) is 5.78 Å². The van der Waals surface area contributed by atoms with E-state index in [0.29, 0.717) is 9.21 Å². The maximum absolute atomic E-state index is 11.6. The monoisotopic (exact) mass is 232 g/mol. The number of methoxy groups -OCH3 is 1. The van der Waals surface area contributed by atoms with Gasteiger partial charge in [0.1, 0.15) is 5.92 Å². The van der Waals surface area contributed by atoms with Crippen molar-refractivity contribution in [3.63, 3.8) is 0 Å². The molecule has 0 saturated carbocycles. The van der Waals surface area contributed by atoms with E-state index < -0.39 is 11.9 Å². The van der Waals surface area contributed by atoms with Gasteiger partial charge in [0, 0.05) is 0 Å². The highest BCUT2D eigenvalue weighted by Crippen LogP contribution is 2.24. The van der Waals surface area contributed by atoms with Crippen LogP contribution in [0.1, 0.15) is 16.6 Å². The molecule has 5 heteroatoms. The van der Waals surface area contributed by atoms with Crippen molar-refractivity contribution >= 4 is 34.7 Å². The van der Waals surface area contributed by atoms with Crippen LogP contribution in [0.25, 0.3) is 0 Å². The second-order valence-electron chi connectivity index (χ2n) is 2.71. The highest BCUT2D eigenvalue weighted by Gasteiger charge is 2.24. The van der Waals surface area contributed by atoms with Gasteiger partial charge in [-0.3, -0.25) is 9.59 Å². The molecule has 14 heavy (non-hydrogen) atoms. The Morgan fingerprint density at radius 1 is 1.50 bits per heavy atom. The highest BCUT2D eigenvalue weighted by molar-refractivity contribution is 7.18. The molecule has 1 aromatic rings. The Bertz CT molecular complexity index is 359. The number of rotatable bonds is 3. The summed E-state index contributed by atoms with van der Waals surface area (Å²) in [6.07, 6.45) is 0. The second-order valence-corrected chi connectivity index (χ2v) is 4.43. The molecule has 0 amide bonds. The maximum atomic E-state index is 11.6. The third-order valence-electron chi connectivity index (χ3n) is 1.76. The summed E-state index contributed by atoms with van der Waals surface area (Å²) in [6, 6.07) is 3.23. The second kappa shape index (κ2) is 4.57. The lowest BCUT2D eigenvalue weighted by molar-refractivity contribution is -0.143. The van der Waals surface area contributed by atoms with E-state index >= 15 is 0 Å². The van der Waals surface area contributed by atoms with Crippen molar-refractivity contribution < 1.29 is 14.3 Å². The topological polar surface area (TPSA) is 43.4 Å². The van der Waals surface area contributed by atoms with Gasteiger partial charge in [0.2, 0.25) is 0 Å². The molecule has 0 bridgehead atoms. The Balaban J connectivity index is 2.80. The number of carbonyl (C=O) groups excluding carboxylic acids is 2. The van der Waals surface area contributed by atoms with Crippen LogP contribution in [0.2, 0.25) is 4.34 Å². The fourth-order valence-corrected chi connectivity index (χ4v) is 2.02. The fourth-order valence-electron chi connectivity index (χ4n) is 0.944. The van der Waals surface area contributed by atoms with E-state index in [-0.39, 0.29) is 5.78 Å². The van der Waals surface area contributed by atoms with Gasteiger partial charge in [-0.2, -0.15) is 0 Å². The molecule has 0 aliphatic carbocycles. The smallest absolute Gasteiger partial charge is 0.316 e. The lowest BCUT2D eigenvalue weighted by atomic mass is 10.1. The highest BCUT2D eigenvalue weighted by atomic mass is 35.5. The molecular formula is C9H9ClO3S. The largest absolute Gasteiger partial charge is 0.468 e. The number of hydrogen-bond donors (Lipinski definition) is 0. The molecule has 76 valence electrons. The minimum absolute atomic E-state index is 0.256. The van der Waals surface area contributed by atoms with Gasteiger partial charge in [0.25, 0.3) is 0 Å². The third kappa shape index (κ3) is 2.33. The minimum atomic E-state index is -0.769. The molecule has 3 nitrogen and oxygen atoms in total. The summed E-state index contributed by atoms with van der Waals surface area (Å²) in [5.74, 6) is -1.55. The van der Waals surface area contributed by atoms with Gasteiger partial charge in [-0.25, -0.2) is 0 Å². The van der Waals surface area contributed by atoms with Crippen LogP contribution in [0, 0.1) is 5.92 Å². The summed E-state index contributed by atoms with van der Waals surface area (Å²) in [5, 5.41) is 0. The van der Waals surface area contributed by atoms with Crippen molar-refractivity contribution in [2.75, 3.05) is 7.11 Å². The molecule has 1 rings (SSSR count). The molecule has 0 aliphatic heterocycles. The average Bonchev–Trinajstić information content (AvgIpc) is 2.61. The van der Waals surface area contributed by atoms with Gasteiger partial charge >= 0.3 is 5.97 Å². The van der Waals surface area contributed by atoms with Crippen molar-refractivity contribution in [1.82, 2.24) is 0 Å². The normalized spacial score (nSPS) is 12.2. The Morgan fingerprint density at radius 2 is 2.14 bits per heavy atom. The van der Waals surface area contributed by atoms with Crippen molar-refractivity contribution in [2.45, 2.75) is 6.92 Å². The van der Waals surface area contributed by atoms with E-state index in [4.69, 9.17) is 11.6 Å². The lowest BCUT2D eigenvalue weighted by Crippen LogP contribution is -2.21. The van der Waals surface area contributed by atoms with Crippen LogP contribution in [0.4, 0.5) is 0 Å². The van der Waals surface area contributed by atoms with Crippen LogP contribution in [0.3, 0.4) is 0 Å². The number of carbonyl (C=O) groups is 2. The number of Topliss-reactive ketones (excluding diaryl/α,β-unsaturated/α-hetero) is 1. The van der Waals surface area contributed by atoms with Crippen molar-refractivity contribution in [3.05, 3.63) is 21.3 Å². The standard InChI is InChI=1S/C9H9ClO3S/c1-5(9(12)13-2)8(11)6-3-4-7(10)14-6/h3-5H,1-2H3. The molecule has 1 heterocycles. The molecule has 0 aliphatic rings. The van der Waals surface area contributed by atoms with E-state index in [9.17, 15) is 9.59 Å². The average molecular weight is 233 g/mol. The van der Waals surface area contributed by atoms with E-state index in [1.165, 1.54) is 14.0 Å². The Labute approximate surface area is 90.6 Å². The van der Waals surface area contributed by atoms with E-state index in [1.807, 2.05) is 0 Å². The first-order valence-electron chi connectivity index (χ1n) is 3.93. The zero-order valence-corrected chi connectivity index (χ0v) is 9.32. The van der Waals surface area contributed by atoms with Crippen LogP contribution in [-0.2, 0) is 9.53 Å². The molecule has 0 saturated heterocycles. The summed E-state index contributed by atoms with van der Waals surface area (Å²) >= 11 is 6.83. The Kier molecular flexibility index (Phi) is 3.66. The SMILES string of the molecule is COC(=O)C(C)C(=O)c1ccc(Cl)s1. The number of esters is 1. The lowest BCUT2D eigenvalue weighted by Gasteiger charge is -2.05. The van der Waals surface area contributed by atoms with Crippen LogP contribution < -0.4 is 0 Å². The van der Waals surface area contributed by atoms with Gasteiger partial charge in [-0.15, -0.1) is 11.3 Å². The number of hydrogen-bond acceptors (Lipinski definition) is 4. The van der Waals surface area contributed by atoms with Crippen LogP contribution in [-0.4, -0.2) is 18.9 Å². The number of ketones is 1. The molecular weight excluding hydrogens is 224 g/mol. The third-order valence-corrected chi connectivity index (χ3v) is 3.01. The summed E-state index contributed by atoms with van der Waals surface area (Å²) in [6.45, 7) is 1.52. The first-order chi connectivity index (χ1) is 6.56. The number of thiophene rings is 1. The van der Waals surface area contributed by atoms with Gasteiger partial charge in [0.05, 0.1) is 16.3 Å². The van der Waals surface area contributed by atoms with E-state index in [2.05, 4.69) is 4.74 Å². The maximum Gasteiger partial charge on any atom is 0.316 e. The summed E-state index contributed by atoms with van der Waals surface area (Å²) in [5.41, 5.74) is 0. The van der Waals surface area contributed by atoms with Crippen LogP contribution in [0.15, 0.2) is 12.1 Å². The quantitative estimate of drug-likeness (QED) is 0.457.